The van der Waals surface area contributed by atoms with Gasteiger partial charge in [-0.15, -0.1) is 0 Å². The zero-order valence-electron chi connectivity index (χ0n) is 15.5. The van der Waals surface area contributed by atoms with Gasteiger partial charge in [-0.25, -0.2) is 9.29 Å². The van der Waals surface area contributed by atoms with Crippen LogP contribution in [-0.4, -0.2) is 11.1 Å². The van der Waals surface area contributed by atoms with Crippen LogP contribution < -0.4 is 9.64 Å². The summed E-state index contributed by atoms with van der Waals surface area (Å²) in [5, 5.41) is -0.0558. The molecular formula is C23H15ClFNO3S. The molecule has 0 spiro atoms. The first-order valence-electron chi connectivity index (χ1n) is 9.02. The van der Waals surface area contributed by atoms with Crippen molar-refractivity contribution in [1.29, 1.82) is 0 Å². The summed E-state index contributed by atoms with van der Waals surface area (Å²) < 4.78 is 19.6. The lowest BCUT2D eigenvalue weighted by atomic mass is 10.2. The Morgan fingerprint density at radius 1 is 1.00 bits per heavy atom. The van der Waals surface area contributed by atoms with Gasteiger partial charge in [0.25, 0.3) is 11.1 Å². The number of carbonyl (C=O) groups is 2. The number of hydrogen-bond acceptors (Lipinski definition) is 4. The van der Waals surface area contributed by atoms with Gasteiger partial charge in [-0.1, -0.05) is 48.0 Å². The minimum Gasteiger partial charge on any atom is -0.489 e. The third-order valence-electron chi connectivity index (χ3n) is 4.41. The van der Waals surface area contributed by atoms with E-state index in [2.05, 4.69) is 0 Å². The molecule has 0 radical (unpaired) electrons. The van der Waals surface area contributed by atoms with Crippen LogP contribution in [0.25, 0.3) is 6.08 Å². The van der Waals surface area contributed by atoms with Gasteiger partial charge in [-0.2, -0.15) is 0 Å². The molecule has 3 aromatic rings. The highest BCUT2D eigenvalue weighted by atomic mass is 35.5. The number of para-hydroxylation sites is 1. The highest BCUT2D eigenvalue weighted by molar-refractivity contribution is 8.19. The van der Waals surface area contributed by atoms with E-state index in [-0.39, 0.29) is 23.3 Å². The molecule has 0 aliphatic carbocycles. The Kier molecular flexibility index (Phi) is 5.88. The van der Waals surface area contributed by atoms with E-state index in [4.69, 9.17) is 16.3 Å². The second kappa shape index (κ2) is 8.73. The lowest BCUT2D eigenvalue weighted by Crippen LogP contribution is -2.27. The highest BCUT2D eigenvalue weighted by Gasteiger charge is 2.36. The molecule has 0 saturated carbocycles. The Morgan fingerprint density at radius 3 is 2.53 bits per heavy atom. The van der Waals surface area contributed by atoms with Gasteiger partial charge >= 0.3 is 0 Å². The van der Waals surface area contributed by atoms with Crippen molar-refractivity contribution in [2.24, 2.45) is 0 Å². The number of nitrogens with zero attached hydrogens (tertiary/aromatic N) is 1. The van der Waals surface area contributed by atoms with Gasteiger partial charge in [0, 0.05) is 5.56 Å². The molecule has 0 unspecified atom stereocenters. The second-order valence-electron chi connectivity index (χ2n) is 6.41. The van der Waals surface area contributed by atoms with Crippen LogP contribution in [0.5, 0.6) is 5.75 Å². The predicted molar refractivity (Wildman–Crippen MR) is 117 cm³/mol. The molecule has 0 aromatic heterocycles. The number of rotatable bonds is 5. The van der Waals surface area contributed by atoms with Crippen LogP contribution in [0.3, 0.4) is 0 Å². The summed E-state index contributed by atoms with van der Waals surface area (Å²) in [6.45, 7) is -0.0283. The third kappa shape index (κ3) is 4.25. The van der Waals surface area contributed by atoms with E-state index in [0.717, 1.165) is 16.7 Å². The summed E-state index contributed by atoms with van der Waals surface area (Å²) in [4.78, 5) is 26.5. The molecule has 1 fully saturated rings. The summed E-state index contributed by atoms with van der Waals surface area (Å²) in [5.74, 6) is -0.320. The molecule has 1 saturated heterocycles. The summed E-state index contributed by atoms with van der Waals surface area (Å²) in [6, 6.07) is 20.2. The number of benzene rings is 3. The maximum Gasteiger partial charge on any atom is 0.298 e. The van der Waals surface area contributed by atoms with E-state index in [1.165, 1.54) is 12.1 Å². The van der Waals surface area contributed by atoms with Crippen molar-refractivity contribution in [3.05, 3.63) is 99.7 Å². The average Bonchev–Trinajstić information content (AvgIpc) is 3.01. The minimum absolute atomic E-state index is 0.0283. The Labute approximate surface area is 181 Å². The fourth-order valence-corrected chi connectivity index (χ4v) is 4.00. The van der Waals surface area contributed by atoms with Crippen molar-refractivity contribution in [2.45, 2.75) is 6.61 Å². The van der Waals surface area contributed by atoms with Crippen LogP contribution >= 0.6 is 23.4 Å². The number of anilines is 1. The predicted octanol–water partition coefficient (Wildman–Crippen LogP) is 6.30. The Morgan fingerprint density at radius 2 is 1.77 bits per heavy atom. The average molecular weight is 440 g/mol. The highest BCUT2D eigenvalue weighted by Crippen LogP contribution is 2.36. The zero-order chi connectivity index (χ0) is 21.1. The number of ether oxygens (including phenoxy) is 1. The van der Waals surface area contributed by atoms with Gasteiger partial charge in [-0.3, -0.25) is 9.59 Å². The molecule has 0 bridgehead atoms. The van der Waals surface area contributed by atoms with Crippen LogP contribution in [0.1, 0.15) is 11.1 Å². The number of carbonyl (C=O) groups excluding carboxylic acids is 2. The second-order valence-corrected chi connectivity index (χ2v) is 7.81. The van der Waals surface area contributed by atoms with Crippen LogP contribution in [0.2, 0.25) is 5.02 Å². The summed E-state index contributed by atoms with van der Waals surface area (Å²) in [7, 11) is 0. The van der Waals surface area contributed by atoms with Gasteiger partial charge in [0.05, 0.1) is 15.6 Å². The molecule has 0 N–H and O–H groups in total. The van der Waals surface area contributed by atoms with E-state index >= 15 is 0 Å². The van der Waals surface area contributed by atoms with Crippen LogP contribution in [0.15, 0.2) is 77.7 Å². The van der Waals surface area contributed by atoms with Gasteiger partial charge in [0.15, 0.2) is 0 Å². The molecule has 1 aliphatic heterocycles. The monoisotopic (exact) mass is 439 g/mol. The van der Waals surface area contributed by atoms with Gasteiger partial charge in [0.2, 0.25) is 0 Å². The molecular weight excluding hydrogens is 425 g/mol. The minimum atomic E-state index is -0.437. The Bertz CT molecular complexity index is 1130. The molecule has 1 aliphatic rings. The maximum absolute atomic E-state index is 13.9. The Hall–Kier alpha value is -3.09. The number of hydrogen-bond donors (Lipinski definition) is 0. The topological polar surface area (TPSA) is 46.6 Å². The molecule has 30 heavy (non-hydrogen) atoms. The molecule has 4 rings (SSSR count). The fraction of sp³-hybridized carbons (Fsp3) is 0.0435. The van der Waals surface area contributed by atoms with E-state index in [0.29, 0.717) is 26.9 Å². The summed E-state index contributed by atoms with van der Waals surface area (Å²) >= 11 is 6.91. The van der Waals surface area contributed by atoms with Crippen LogP contribution in [-0.2, 0) is 11.4 Å². The van der Waals surface area contributed by atoms with Crippen molar-refractivity contribution in [3.63, 3.8) is 0 Å². The largest absolute Gasteiger partial charge is 0.489 e. The van der Waals surface area contributed by atoms with Gasteiger partial charge < -0.3 is 4.74 Å². The van der Waals surface area contributed by atoms with Crippen molar-refractivity contribution >= 4 is 46.3 Å². The smallest absolute Gasteiger partial charge is 0.298 e. The molecule has 7 heteroatoms. The molecule has 150 valence electrons. The number of amides is 2. The van der Waals surface area contributed by atoms with Crippen molar-refractivity contribution in [1.82, 2.24) is 0 Å². The number of halogens is 2. The normalized spacial score (nSPS) is 15.1. The molecule has 3 aromatic carbocycles. The summed E-state index contributed by atoms with van der Waals surface area (Å²) in [5.41, 5.74) is 1.49. The zero-order valence-corrected chi connectivity index (χ0v) is 17.1. The lowest BCUT2D eigenvalue weighted by Gasteiger charge is -2.11. The molecule has 2 amide bonds. The molecule has 1 heterocycles. The standard InChI is InChI=1S/C23H15ClFNO3S/c24-19-10-5-11-20(25)18(19)14-29-17-9-4-6-15(12-17)13-21-22(27)26(23(28)30-21)16-7-2-1-3-8-16/h1-13H,14H2/b21-13+. The fourth-order valence-electron chi connectivity index (χ4n) is 2.94. The maximum atomic E-state index is 13.9. The van der Waals surface area contributed by atoms with E-state index in [9.17, 15) is 14.0 Å². The van der Waals surface area contributed by atoms with Crippen molar-refractivity contribution < 1.29 is 18.7 Å². The SMILES string of the molecule is O=C1S/C(=C/c2cccc(OCc3c(F)cccc3Cl)c2)C(=O)N1c1ccccc1. The third-order valence-corrected chi connectivity index (χ3v) is 5.63. The number of imide groups is 1. The van der Waals surface area contributed by atoms with E-state index < -0.39 is 5.82 Å². The first kappa shape index (κ1) is 20.2. The van der Waals surface area contributed by atoms with Crippen LogP contribution in [0.4, 0.5) is 14.9 Å². The first-order valence-corrected chi connectivity index (χ1v) is 10.2. The number of thioether (sulfide) groups is 1. The lowest BCUT2D eigenvalue weighted by molar-refractivity contribution is -0.113. The Balaban J connectivity index is 1.52. The van der Waals surface area contributed by atoms with E-state index in [1.54, 1.807) is 60.7 Å². The molecule has 4 nitrogen and oxygen atoms in total. The van der Waals surface area contributed by atoms with Gasteiger partial charge in [0.1, 0.15) is 18.2 Å². The van der Waals surface area contributed by atoms with E-state index in [1.807, 2.05) is 6.07 Å². The molecule has 0 atom stereocenters. The van der Waals surface area contributed by atoms with Crippen molar-refractivity contribution in [2.75, 3.05) is 4.90 Å². The van der Waals surface area contributed by atoms with Gasteiger partial charge in [-0.05, 0) is 59.8 Å². The van der Waals surface area contributed by atoms with Crippen LogP contribution in [0, 0.1) is 5.82 Å². The van der Waals surface area contributed by atoms with Crippen molar-refractivity contribution in [3.8, 4) is 5.75 Å². The quantitative estimate of drug-likeness (QED) is 0.438. The summed E-state index contributed by atoms with van der Waals surface area (Å²) in [6.07, 6.45) is 1.64. The first-order chi connectivity index (χ1) is 14.5.